The van der Waals surface area contributed by atoms with Gasteiger partial charge in [-0.25, -0.2) is 13.1 Å². The second-order valence-electron chi connectivity index (χ2n) is 5.93. The van der Waals surface area contributed by atoms with Crippen LogP contribution in [0.15, 0.2) is 0 Å². The molecule has 0 aromatic rings. The van der Waals surface area contributed by atoms with Gasteiger partial charge in [0.25, 0.3) is 0 Å². The van der Waals surface area contributed by atoms with Crippen LogP contribution in [0.3, 0.4) is 0 Å². The Hall–Kier alpha value is -0.660. The van der Waals surface area contributed by atoms with Crippen LogP contribution in [0.25, 0.3) is 0 Å². The van der Waals surface area contributed by atoms with E-state index >= 15 is 0 Å². The maximum absolute atomic E-state index is 12.0. The molecule has 0 unspecified atom stereocenters. The molecule has 0 spiro atoms. The number of carbonyl (C=O) groups is 1. The summed E-state index contributed by atoms with van der Waals surface area (Å²) in [6.07, 6.45) is 5.47. The molecule has 1 heterocycles. The molecule has 1 N–H and O–H groups in total. The van der Waals surface area contributed by atoms with Gasteiger partial charge in [-0.05, 0) is 37.5 Å². The van der Waals surface area contributed by atoms with Gasteiger partial charge in [-0.15, -0.1) is 0 Å². The van der Waals surface area contributed by atoms with Crippen LogP contribution in [0.4, 0.5) is 0 Å². The Morgan fingerprint density at radius 3 is 2.70 bits per heavy atom. The average Bonchev–Trinajstić information content (AvgIpc) is 3.20. The number of hydrogen-bond donors (Lipinski definition) is 1. The van der Waals surface area contributed by atoms with Crippen LogP contribution in [-0.2, 0) is 19.6 Å². The van der Waals surface area contributed by atoms with Crippen LogP contribution >= 0.6 is 0 Å². The minimum atomic E-state index is -3.16. The summed E-state index contributed by atoms with van der Waals surface area (Å²) in [6.45, 7) is 2.63. The van der Waals surface area contributed by atoms with Crippen molar-refractivity contribution in [2.24, 2.45) is 11.8 Å². The molecule has 0 aromatic carbocycles. The molecule has 20 heavy (non-hydrogen) atoms. The van der Waals surface area contributed by atoms with Crippen molar-refractivity contribution in [2.75, 3.05) is 39.1 Å². The summed E-state index contributed by atoms with van der Waals surface area (Å²) in [7, 11) is -3.16. The number of hydrogen-bond acceptors (Lipinski definition) is 4. The Bertz CT molecular complexity index is 434. The number of piperidine rings is 1. The quantitative estimate of drug-likeness (QED) is 0.729. The first-order chi connectivity index (χ1) is 9.44. The largest absolute Gasteiger partial charge is 0.371 e. The van der Waals surface area contributed by atoms with Gasteiger partial charge in [0, 0.05) is 19.6 Å². The molecule has 0 aromatic heterocycles. The summed E-state index contributed by atoms with van der Waals surface area (Å²) in [5.74, 6) is 0.886. The smallest absolute Gasteiger partial charge is 0.248 e. The summed E-state index contributed by atoms with van der Waals surface area (Å²) in [5, 5.41) is 0. The number of nitrogens with zero attached hydrogens (tertiary/aromatic N) is 1. The van der Waals surface area contributed by atoms with Crippen LogP contribution in [0.5, 0.6) is 0 Å². The lowest BCUT2D eigenvalue weighted by atomic mass is 9.98. The Morgan fingerprint density at radius 2 is 2.05 bits per heavy atom. The Morgan fingerprint density at radius 1 is 1.30 bits per heavy atom. The molecule has 1 aliphatic carbocycles. The highest BCUT2D eigenvalue weighted by molar-refractivity contribution is 7.88. The Kier molecular flexibility index (Phi) is 5.40. The molecule has 2 fully saturated rings. The fraction of sp³-hybridized carbons (Fsp3) is 0.923. The van der Waals surface area contributed by atoms with Crippen molar-refractivity contribution >= 4 is 15.9 Å². The van der Waals surface area contributed by atoms with E-state index < -0.39 is 10.0 Å². The first-order valence-corrected chi connectivity index (χ1v) is 9.13. The van der Waals surface area contributed by atoms with Gasteiger partial charge in [0.05, 0.1) is 12.9 Å². The molecule has 1 saturated heterocycles. The van der Waals surface area contributed by atoms with Crippen LogP contribution in [-0.4, -0.2) is 58.3 Å². The van der Waals surface area contributed by atoms with Crippen molar-refractivity contribution < 1.29 is 17.9 Å². The van der Waals surface area contributed by atoms with Crippen molar-refractivity contribution in [3.8, 4) is 0 Å². The molecule has 6 nitrogen and oxygen atoms in total. The molecule has 116 valence electrons. The molecule has 2 aliphatic rings. The summed E-state index contributed by atoms with van der Waals surface area (Å²) < 4.78 is 30.1. The fourth-order valence-corrected chi connectivity index (χ4v) is 2.95. The monoisotopic (exact) mass is 304 g/mol. The molecule has 7 heteroatoms. The van der Waals surface area contributed by atoms with Gasteiger partial charge in [-0.3, -0.25) is 4.79 Å². The van der Waals surface area contributed by atoms with E-state index in [9.17, 15) is 13.2 Å². The molecular weight excluding hydrogens is 280 g/mol. The highest BCUT2D eigenvalue weighted by Gasteiger charge is 2.25. The number of ether oxygens (including phenoxy) is 1. The molecule has 0 radical (unpaired) electrons. The van der Waals surface area contributed by atoms with Crippen LogP contribution < -0.4 is 4.72 Å². The topological polar surface area (TPSA) is 75.7 Å². The highest BCUT2D eigenvalue weighted by Crippen LogP contribution is 2.28. The lowest BCUT2D eigenvalue weighted by molar-refractivity contribution is -0.138. The fourth-order valence-electron chi connectivity index (χ4n) is 2.42. The second-order valence-corrected chi connectivity index (χ2v) is 7.76. The zero-order valence-corrected chi connectivity index (χ0v) is 12.8. The van der Waals surface area contributed by atoms with Gasteiger partial charge < -0.3 is 9.64 Å². The third kappa shape index (κ3) is 5.76. The van der Waals surface area contributed by atoms with Crippen molar-refractivity contribution in [3.63, 3.8) is 0 Å². The third-order valence-electron chi connectivity index (χ3n) is 3.78. The van der Waals surface area contributed by atoms with E-state index in [1.54, 1.807) is 4.90 Å². The van der Waals surface area contributed by atoms with E-state index in [-0.39, 0.29) is 18.4 Å². The molecule has 1 saturated carbocycles. The second kappa shape index (κ2) is 6.87. The van der Waals surface area contributed by atoms with Crippen LogP contribution in [0.1, 0.15) is 25.7 Å². The minimum absolute atomic E-state index is 0.0229. The zero-order valence-electron chi connectivity index (χ0n) is 12.0. The maximum atomic E-state index is 12.0. The molecular formula is C13H24N2O4S. The van der Waals surface area contributed by atoms with Crippen LogP contribution in [0, 0.1) is 11.8 Å². The number of likely N-dealkylation sites (tertiary alicyclic amines) is 1. The van der Waals surface area contributed by atoms with Gasteiger partial charge in [-0.2, -0.15) is 0 Å². The van der Waals surface area contributed by atoms with E-state index in [1.807, 2.05) is 0 Å². The van der Waals surface area contributed by atoms with E-state index in [1.165, 1.54) is 12.8 Å². The summed E-state index contributed by atoms with van der Waals surface area (Å²) >= 11 is 0. The van der Waals surface area contributed by atoms with Gasteiger partial charge in [0.2, 0.25) is 15.9 Å². The van der Waals surface area contributed by atoms with E-state index in [0.29, 0.717) is 25.6 Å². The predicted octanol–water partition coefficient (Wildman–Crippen LogP) is 0.201. The highest BCUT2D eigenvalue weighted by atomic mass is 32.2. The molecule has 1 aliphatic heterocycles. The number of rotatable bonds is 7. The number of sulfonamides is 1. The Balaban J connectivity index is 1.69. The van der Waals surface area contributed by atoms with E-state index in [2.05, 4.69) is 4.72 Å². The molecule has 1 atom stereocenters. The van der Waals surface area contributed by atoms with Crippen molar-refractivity contribution in [1.29, 1.82) is 0 Å². The third-order valence-corrected chi connectivity index (χ3v) is 4.47. The molecule has 1 amide bonds. The van der Waals surface area contributed by atoms with Crippen LogP contribution in [0.2, 0.25) is 0 Å². The lowest BCUT2D eigenvalue weighted by Crippen LogP contribution is -2.44. The van der Waals surface area contributed by atoms with Gasteiger partial charge >= 0.3 is 0 Å². The first kappa shape index (κ1) is 15.7. The molecule has 0 bridgehead atoms. The lowest BCUT2D eigenvalue weighted by Gasteiger charge is -2.32. The number of nitrogens with one attached hydrogen (secondary N) is 1. The average molecular weight is 304 g/mol. The summed E-state index contributed by atoms with van der Waals surface area (Å²) in [6, 6.07) is 0. The SMILES string of the molecule is CS(=O)(=O)NC[C@H]1CCCN(C(=O)COCC2CC2)C1. The first-order valence-electron chi connectivity index (χ1n) is 7.24. The molecule has 2 rings (SSSR count). The van der Waals surface area contributed by atoms with E-state index in [4.69, 9.17) is 4.74 Å². The maximum Gasteiger partial charge on any atom is 0.248 e. The normalized spacial score (nSPS) is 23.9. The van der Waals surface area contributed by atoms with Crippen molar-refractivity contribution in [1.82, 2.24) is 9.62 Å². The summed E-state index contributed by atoms with van der Waals surface area (Å²) in [4.78, 5) is 13.8. The van der Waals surface area contributed by atoms with Gasteiger partial charge in [-0.1, -0.05) is 0 Å². The minimum Gasteiger partial charge on any atom is -0.371 e. The summed E-state index contributed by atoms with van der Waals surface area (Å²) in [5.41, 5.74) is 0. The number of carbonyl (C=O) groups excluding carboxylic acids is 1. The van der Waals surface area contributed by atoms with E-state index in [0.717, 1.165) is 25.6 Å². The standard InChI is InChI=1S/C13H24N2O4S/c1-20(17,18)14-7-12-3-2-6-15(8-12)13(16)10-19-9-11-4-5-11/h11-12,14H,2-10H2,1H3/t12-/m1/s1. The predicted molar refractivity (Wildman–Crippen MR) is 75.7 cm³/mol. The zero-order chi connectivity index (χ0) is 14.6. The van der Waals surface area contributed by atoms with Crippen molar-refractivity contribution in [3.05, 3.63) is 0 Å². The van der Waals surface area contributed by atoms with Crippen molar-refractivity contribution in [2.45, 2.75) is 25.7 Å². The van der Waals surface area contributed by atoms with Gasteiger partial charge in [0.15, 0.2) is 0 Å². The Labute approximate surface area is 120 Å². The van der Waals surface area contributed by atoms with Gasteiger partial charge in [0.1, 0.15) is 6.61 Å². The number of amides is 1.